The van der Waals surface area contributed by atoms with Crippen LogP contribution in [0.2, 0.25) is 0 Å². The number of carbonyl (C=O) groups excluding carboxylic acids is 1. The van der Waals surface area contributed by atoms with Gasteiger partial charge in [-0.05, 0) is 31.2 Å². The van der Waals surface area contributed by atoms with Crippen molar-refractivity contribution in [3.63, 3.8) is 0 Å². The second-order valence-corrected chi connectivity index (χ2v) is 4.68. The smallest absolute Gasteiger partial charge is 0.274 e. The number of aryl methyl sites for hydroxylation is 1. The molecule has 2 heterocycles. The van der Waals surface area contributed by atoms with Crippen LogP contribution in [-0.4, -0.2) is 21.0 Å². The Morgan fingerprint density at radius 2 is 2.13 bits per heavy atom. The Morgan fingerprint density at radius 3 is 2.87 bits per heavy atom. The summed E-state index contributed by atoms with van der Waals surface area (Å²) < 4.78 is 18.0. The number of benzene rings is 1. The van der Waals surface area contributed by atoms with Gasteiger partial charge in [0, 0.05) is 18.0 Å². The molecule has 0 unspecified atom stereocenters. The predicted molar refractivity (Wildman–Crippen MR) is 80.9 cm³/mol. The Hall–Kier alpha value is -3.29. The summed E-state index contributed by atoms with van der Waals surface area (Å²) in [6.45, 7) is 1.75. The summed E-state index contributed by atoms with van der Waals surface area (Å²) in [5.41, 5.74) is 0.474. The number of hydrogen-bond acceptors (Lipinski definition) is 6. The van der Waals surface area contributed by atoms with E-state index in [1.807, 2.05) is 0 Å². The van der Waals surface area contributed by atoms with Gasteiger partial charge in [0.15, 0.2) is 5.82 Å². The largest absolute Gasteiger partial charge is 0.360 e. The first-order chi connectivity index (χ1) is 11.1. The molecule has 7 nitrogen and oxygen atoms in total. The zero-order chi connectivity index (χ0) is 16.2. The number of carbonyl (C=O) groups is 1. The van der Waals surface area contributed by atoms with Crippen molar-refractivity contribution in [2.75, 3.05) is 10.6 Å². The maximum atomic E-state index is 13.1. The third-order valence-corrected chi connectivity index (χ3v) is 2.84. The van der Waals surface area contributed by atoms with Crippen molar-refractivity contribution in [3.05, 3.63) is 59.9 Å². The minimum Gasteiger partial charge on any atom is -0.360 e. The van der Waals surface area contributed by atoms with Gasteiger partial charge in [-0.1, -0.05) is 11.2 Å². The fourth-order valence-corrected chi connectivity index (χ4v) is 1.85. The number of nitrogens with one attached hydrogen (secondary N) is 2. The number of halogens is 1. The predicted octanol–water partition coefficient (Wildman–Crippen LogP) is 2.91. The number of amides is 1. The van der Waals surface area contributed by atoms with E-state index in [2.05, 4.69) is 25.8 Å². The van der Waals surface area contributed by atoms with Gasteiger partial charge in [-0.3, -0.25) is 4.79 Å². The van der Waals surface area contributed by atoms with Crippen LogP contribution in [0, 0.1) is 12.7 Å². The highest BCUT2D eigenvalue weighted by Crippen LogP contribution is 2.14. The molecule has 0 saturated heterocycles. The Bertz CT molecular complexity index is 849. The summed E-state index contributed by atoms with van der Waals surface area (Å²) in [6.07, 6.45) is 1.43. The molecule has 0 spiro atoms. The van der Waals surface area contributed by atoms with Crippen molar-refractivity contribution in [2.45, 2.75) is 6.92 Å². The lowest BCUT2D eigenvalue weighted by Gasteiger charge is -2.06. The molecule has 3 rings (SSSR count). The van der Waals surface area contributed by atoms with Gasteiger partial charge >= 0.3 is 0 Å². The SMILES string of the molecule is Cc1cc(Nc2nccc(C(=O)Nc3cccc(F)c3)n2)no1. The first kappa shape index (κ1) is 14.6. The normalized spacial score (nSPS) is 10.3. The Kier molecular flexibility index (Phi) is 3.96. The van der Waals surface area contributed by atoms with Gasteiger partial charge in [-0.25, -0.2) is 14.4 Å². The second kappa shape index (κ2) is 6.22. The first-order valence-corrected chi connectivity index (χ1v) is 6.70. The molecule has 0 atom stereocenters. The van der Waals surface area contributed by atoms with Crippen molar-refractivity contribution >= 4 is 23.4 Å². The van der Waals surface area contributed by atoms with E-state index in [9.17, 15) is 9.18 Å². The van der Waals surface area contributed by atoms with Gasteiger partial charge in [0.1, 0.15) is 17.3 Å². The molecule has 2 aromatic heterocycles. The fourth-order valence-electron chi connectivity index (χ4n) is 1.85. The Morgan fingerprint density at radius 1 is 1.26 bits per heavy atom. The quantitative estimate of drug-likeness (QED) is 0.769. The van der Waals surface area contributed by atoms with E-state index in [4.69, 9.17) is 4.52 Å². The van der Waals surface area contributed by atoms with E-state index in [1.165, 1.54) is 30.5 Å². The first-order valence-electron chi connectivity index (χ1n) is 6.70. The van der Waals surface area contributed by atoms with Gasteiger partial charge in [0.05, 0.1) is 0 Å². The van der Waals surface area contributed by atoms with Crippen LogP contribution >= 0.6 is 0 Å². The van der Waals surface area contributed by atoms with Crippen LogP contribution in [0.4, 0.5) is 21.8 Å². The maximum Gasteiger partial charge on any atom is 0.274 e. The maximum absolute atomic E-state index is 13.1. The standard InChI is InChI=1S/C15H12FN5O2/c1-9-7-13(21-23-9)20-15-17-6-5-12(19-15)14(22)18-11-4-2-3-10(16)8-11/h2-8H,1H3,(H,18,22)(H,17,19,20,21). The molecule has 2 N–H and O–H groups in total. The van der Waals surface area contributed by atoms with Crippen LogP contribution in [-0.2, 0) is 0 Å². The third-order valence-electron chi connectivity index (χ3n) is 2.84. The molecule has 0 radical (unpaired) electrons. The average Bonchev–Trinajstić information content (AvgIpc) is 2.92. The summed E-state index contributed by atoms with van der Waals surface area (Å²) in [7, 11) is 0. The number of aromatic nitrogens is 3. The minimum atomic E-state index is -0.475. The minimum absolute atomic E-state index is 0.131. The monoisotopic (exact) mass is 313 g/mol. The lowest BCUT2D eigenvalue weighted by molar-refractivity contribution is 0.102. The van der Waals surface area contributed by atoms with Crippen LogP contribution in [0.3, 0.4) is 0 Å². The Balaban J connectivity index is 1.75. The zero-order valence-corrected chi connectivity index (χ0v) is 12.1. The molecule has 0 bridgehead atoms. The van der Waals surface area contributed by atoms with Crippen molar-refractivity contribution < 1.29 is 13.7 Å². The second-order valence-electron chi connectivity index (χ2n) is 4.68. The summed E-state index contributed by atoms with van der Waals surface area (Å²) >= 11 is 0. The molecule has 0 aliphatic rings. The van der Waals surface area contributed by atoms with Crippen LogP contribution in [0.15, 0.2) is 47.1 Å². The zero-order valence-electron chi connectivity index (χ0n) is 12.1. The van der Waals surface area contributed by atoms with Crippen molar-refractivity contribution in [1.29, 1.82) is 0 Å². The van der Waals surface area contributed by atoms with E-state index in [0.717, 1.165) is 0 Å². The summed E-state index contributed by atoms with van der Waals surface area (Å²) in [5.74, 6) is 0.356. The molecule has 23 heavy (non-hydrogen) atoms. The van der Waals surface area contributed by atoms with Gasteiger partial charge in [-0.2, -0.15) is 0 Å². The molecule has 0 aliphatic carbocycles. The summed E-state index contributed by atoms with van der Waals surface area (Å²) in [4.78, 5) is 20.2. The van der Waals surface area contributed by atoms with Crippen LogP contribution in [0.1, 0.15) is 16.2 Å². The molecule has 0 aliphatic heterocycles. The third kappa shape index (κ3) is 3.67. The molecule has 8 heteroatoms. The molecule has 1 aromatic carbocycles. The van der Waals surface area contributed by atoms with E-state index < -0.39 is 11.7 Å². The van der Waals surface area contributed by atoms with E-state index in [0.29, 0.717) is 17.3 Å². The summed E-state index contributed by atoms with van der Waals surface area (Å²) in [5, 5.41) is 9.14. The average molecular weight is 313 g/mol. The molecule has 116 valence electrons. The van der Waals surface area contributed by atoms with Crippen molar-refractivity contribution in [3.8, 4) is 0 Å². The topological polar surface area (TPSA) is 92.9 Å². The highest BCUT2D eigenvalue weighted by molar-refractivity contribution is 6.02. The van der Waals surface area contributed by atoms with Crippen LogP contribution in [0.5, 0.6) is 0 Å². The lowest BCUT2D eigenvalue weighted by Crippen LogP contribution is -2.14. The Labute approximate surface area is 130 Å². The fraction of sp³-hybridized carbons (Fsp3) is 0.0667. The van der Waals surface area contributed by atoms with Gasteiger partial charge in [0.2, 0.25) is 5.95 Å². The van der Waals surface area contributed by atoms with Crippen molar-refractivity contribution in [1.82, 2.24) is 15.1 Å². The highest BCUT2D eigenvalue weighted by Gasteiger charge is 2.10. The molecular formula is C15H12FN5O2. The van der Waals surface area contributed by atoms with Crippen molar-refractivity contribution in [2.24, 2.45) is 0 Å². The summed E-state index contributed by atoms with van der Waals surface area (Å²) in [6, 6.07) is 8.72. The molecule has 3 aromatic rings. The number of hydrogen-bond donors (Lipinski definition) is 2. The number of rotatable bonds is 4. The van der Waals surface area contributed by atoms with E-state index >= 15 is 0 Å². The van der Waals surface area contributed by atoms with E-state index in [-0.39, 0.29) is 11.6 Å². The van der Waals surface area contributed by atoms with Gasteiger partial charge in [-0.15, -0.1) is 0 Å². The van der Waals surface area contributed by atoms with Gasteiger partial charge in [0.25, 0.3) is 5.91 Å². The molecular weight excluding hydrogens is 301 g/mol. The molecule has 1 amide bonds. The number of nitrogens with zero attached hydrogens (tertiary/aromatic N) is 3. The molecule has 0 saturated carbocycles. The van der Waals surface area contributed by atoms with E-state index in [1.54, 1.807) is 19.1 Å². The lowest BCUT2D eigenvalue weighted by atomic mass is 10.3. The van der Waals surface area contributed by atoms with Gasteiger partial charge < -0.3 is 15.2 Å². The molecule has 0 fully saturated rings. The number of anilines is 3. The van der Waals surface area contributed by atoms with Crippen LogP contribution < -0.4 is 10.6 Å². The highest BCUT2D eigenvalue weighted by atomic mass is 19.1. The van der Waals surface area contributed by atoms with Crippen LogP contribution in [0.25, 0.3) is 0 Å².